The van der Waals surface area contributed by atoms with E-state index in [4.69, 9.17) is 10.5 Å². The third-order valence-electron chi connectivity index (χ3n) is 3.92. The molecule has 0 saturated heterocycles. The fourth-order valence-corrected chi connectivity index (χ4v) is 2.66. The lowest BCUT2D eigenvalue weighted by atomic mass is 10.1. The van der Waals surface area contributed by atoms with Gasteiger partial charge in [0.2, 0.25) is 5.91 Å². The van der Waals surface area contributed by atoms with Gasteiger partial charge in [-0.3, -0.25) is 4.79 Å². The van der Waals surface area contributed by atoms with Crippen molar-refractivity contribution in [1.29, 1.82) is 0 Å². The number of amides is 2. The SMILES string of the molecule is CC(C)CC(N)NC(=O)C(NC(=O)OCc1ccccc1)c1ccccc1. The highest BCUT2D eigenvalue weighted by atomic mass is 16.5. The van der Waals surface area contributed by atoms with Gasteiger partial charge in [0.15, 0.2) is 0 Å². The van der Waals surface area contributed by atoms with E-state index < -0.39 is 18.3 Å². The van der Waals surface area contributed by atoms with E-state index in [-0.39, 0.29) is 12.5 Å². The van der Waals surface area contributed by atoms with Crippen molar-refractivity contribution in [1.82, 2.24) is 10.6 Å². The summed E-state index contributed by atoms with van der Waals surface area (Å²) >= 11 is 0. The summed E-state index contributed by atoms with van der Waals surface area (Å²) in [7, 11) is 0. The largest absolute Gasteiger partial charge is 0.445 e. The Morgan fingerprint density at radius 1 is 0.963 bits per heavy atom. The van der Waals surface area contributed by atoms with Gasteiger partial charge < -0.3 is 21.1 Å². The van der Waals surface area contributed by atoms with Crippen molar-refractivity contribution in [3.05, 3.63) is 71.8 Å². The maximum atomic E-state index is 12.7. The molecular formula is C21H27N3O3. The van der Waals surface area contributed by atoms with Crippen LogP contribution in [-0.4, -0.2) is 18.2 Å². The third-order valence-corrected chi connectivity index (χ3v) is 3.92. The summed E-state index contributed by atoms with van der Waals surface area (Å²) < 4.78 is 5.24. The average Bonchev–Trinajstić information content (AvgIpc) is 2.65. The molecular weight excluding hydrogens is 342 g/mol. The Balaban J connectivity index is 2.01. The maximum Gasteiger partial charge on any atom is 0.408 e. The monoisotopic (exact) mass is 369 g/mol. The summed E-state index contributed by atoms with van der Waals surface area (Å²) in [6.45, 7) is 4.18. The molecule has 0 spiro atoms. The molecule has 0 aromatic heterocycles. The first-order valence-corrected chi connectivity index (χ1v) is 9.04. The Kier molecular flexibility index (Phi) is 7.82. The van der Waals surface area contributed by atoms with Crippen LogP contribution in [0.3, 0.4) is 0 Å². The van der Waals surface area contributed by atoms with Gasteiger partial charge in [0.25, 0.3) is 0 Å². The van der Waals surface area contributed by atoms with Crippen molar-refractivity contribution in [2.75, 3.05) is 0 Å². The highest BCUT2D eigenvalue weighted by molar-refractivity contribution is 5.87. The lowest BCUT2D eigenvalue weighted by molar-refractivity contribution is -0.124. The van der Waals surface area contributed by atoms with E-state index in [1.807, 2.05) is 50.2 Å². The number of rotatable bonds is 8. The van der Waals surface area contributed by atoms with Crippen LogP contribution in [0.25, 0.3) is 0 Å². The third kappa shape index (κ3) is 7.11. The molecule has 2 rings (SSSR count). The van der Waals surface area contributed by atoms with Crippen LogP contribution >= 0.6 is 0 Å². The molecule has 0 saturated carbocycles. The minimum atomic E-state index is -0.882. The Labute approximate surface area is 160 Å². The van der Waals surface area contributed by atoms with Crippen molar-refractivity contribution < 1.29 is 14.3 Å². The molecule has 2 aromatic carbocycles. The molecule has 27 heavy (non-hydrogen) atoms. The zero-order valence-electron chi connectivity index (χ0n) is 15.7. The molecule has 6 heteroatoms. The highest BCUT2D eigenvalue weighted by Crippen LogP contribution is 2.14. The van der Waals surface area contributed by atoms with Gasteiger partial charge in [-0.25, -0.2) is 4.79 Å². The van der Waals surface area contributed by atoms with Crippen LogP contribution in [0.4, 0.5) is 4.79 Å². The second kappa shape index (κ2) is 10.3. The molecule has 0 aliphatic rings. The van der Waals surface area contributed by atoms with Crippen molar-refractivity contribution >= 4 is 12.0 Å². The molecule has 0 aliphatic carbocycles. The van der Waals surface area contributed by atoms with Crippen molar-refractivity contribution in [2.45, 2.75) is 39.1 Å². The Morgan fingerprint density at radius 2 is 1.56 bits per heavy atom. The normalized spacial score (nSPS) is 12.9. The van der Waals surface area contributed by atoms with Gasteiger partial charge >= 0.3 is 6.09 Å². The second-order valence-corrected chi connectivity index (χ2v) is 6.79. The van der Waals surface area contributed by atoms with Gasteiger partial charge in [0.05, 0.1) is 6.17 Å². The van der Waals surface area contributed by atoms with E-state index in [1.54, 1.807) is 24.3 Å². The molecule has 2 amide bonds. The molecule has 0 radical (unpaired) electrons. The molecule has 2 unspecified atom stereocenters. The van der Waals surface area contributed by atoms with Crippen molar-refractivity contribution in [3.63, 3.8) is 0 Å². The number of carbonyl (C=O) groups is 2. The van der Waals surface area contributed by atoms with Gasteiger partial charge in [-0.1, -0.05) is 74.5 Å². The van der Waals surface area contributed by atoms with Crippen molar-refractivity contribution in [2.24, 2.45) is 11.7 Å². The Hall–Kier alpha value is -2.86. The quantitative estimate of drug-likeness (QED) is 0.623. The van der Waals surface area contributed by atoms with Crippen LogP contribution in [0.2, 0.25) is 0 Å². The van der Waals surface area contributed by atoms with E-state index >= 15 is 0 Å². The fraction of sp³-hybridized carbons (Fsp3) is 0.333. The minimum absolute atomic E-state index is 0.128. The zero-order chi connectivity index (χ0) is 19.6. The summed E-state index contributed by atoms with van der Waals surface area (Å²) in [4.78, 5) is 24.9. The number of carbonyl (C=O) groups excluding carboxylic acids is 2. The first-order chi connectivity index (χ1) is 13.0. The molecule has 0 fully saturated rings. The van der Waals surface area contributed by atoms with Gasteiger partial charge in [-0.05, 0) is 23.5 Å². The summed E-state index contributed by atoms with van der Waals surface area (Å²) in [6.07, 6.45) is -0.503. The number of nitrogens with two attached hydrogens (primary N) is 1. The molecule has 2 atom stereocenters. The Morgan fingerprint density at radius 3 is 2.15 bits per heavy atom. The van der Waals surface area contributed by atoms with E-state index in [0.717, 1.165) is 5.56 Å². The van der Waals surface area contributed by atoms with Crippen LogP contribution in [0.15, 0.2) is 60.7 Å². The van der Waals surface area contributed by atoms with E-state index in [2.05, 4.69) is 10.6 Å². The number of ether oxygens (including phenoxy) is 1. The van der Waals surface area contributed by atoms with E-state index in [0.29, 0.717) is 17.9 Å². The van der Waals surface area contributed by atoms with Gasteiger partial charge in [0, 0.05) is 0 Å². The van der Waals surface area contributed by atoms with Crippen LogP contribution in [0.5, 0.6) is 0 Å². The second-order valence-electron chi connectivity index (χ2n) is 6.79. The topological polar surface area (TPSA) is 93.5 Å². The molecule has 6 nitrogen and oxygen atoms in total. The minimum Gasteiger partial charge on any atom is -0.445 e. The highest BCUT2D eigenvalue weighted by Gasteiger charge is 2.24. The number of hydrogen-bond acceptors (Lipinski definition) is 4. The van der Waals surface area contributed by atoms with Crippen LogP contribution < -0.4 is 16.4 Å². The first kappa shape index (κ1) is 20.5. The predicted molar refractivity (Wildman–Crippen MR) is 105 cm³/mol. The summed E-state index contributed by atoms with van der Waals surface area (Å²) in [5.74, 6) is -0.0229. The maximum absolute atomic E-state index is 12.7. The van der Waals surface area contributed by atoms with Crippen LogP contribution in [0, 0.1) is 5.92 Å². The number of benzene rings is 2. The van der Waals surface area contributed by atoms with Gasteiger partial charge in [-0.2, -0.15) is 0 Å². The van der Waals surface area contributed by atoms with E-state index in [1.165, 1.54) is 0 Å². The lowest BCUT2D eigenvalue weighted by Crippen LogP contribution is -2.48. The molecule has 2 aromatic rings. The van der Waals surface area contributed by atoms with Crippen LogP contribution in [0.1, 0.15) is 37.4 Å². The van der Waals surface area contributed by atoms with E-state index in [9.17, 15) is 9.59 Å². The molecule has 4 N–H and O–H groups in total. The smallest absolute Gasteiger partial charge is 0.408 e. The summed E-state index contributed by atoms with van der Waals surface area (Å²) in [6, 6.07) is 17.5. The van der Waals surface area contributed by atoms with Gasteiger partial charge in [-0.15, -0.1) is 0 Å². The standard InChI is InChI=1S/C21H27N3O3/c1-15(2)13-18(22)23-20(25)19(17-11-7-4-8-12-17)24-21(26)27-14-16-9-5-3-6-10-16/h3-12,15,18-19H,13-14,22H2,1-2H3,(H,23,25)(H,24,26). The predicted octanol–water partition coefficient (Wildman–Crippen LogP) is 3.10. The number of hydrogen-bond donors (Lipinski definition) is 3. The Bertz CT molecular complexity index is 720. The molecule has 0 heterocycles. The average molecular weight is 369 g/mol. The summed E-state index contributed by atoms with van der Waals surface area (Å²) in [5.41, 5.74) is 7.50. The molecule has 144 valence electrons. The number of alkyl carbamates (subject to hydrolysis) is 1. The van der Waals surface area contributed by atoms with Crippen molar-refractivity contribution in [3.8, 4) is 0 Å². The zero-order valence-corrected chi connectivity index (χ0v) is 15.7. The van der Waals surface area contributed by atoms with Crippen LogP contribution in [-0.2, 0) is 16.1 Å². The molecule has 0 aliphatic heterocycles. The van der Waals surface area contributed by atoms with Gasteiger partial charge in [0.1, 0.15) is 12.6 Å². The molecule has 0 bridgehead atoms. The number of nitrogens with one attached hydrogen (secondary N) is 2. The summed E-state index contributed by atoms with van der Waals surface area (Å²) in [5, 5.41) is 5.39. The lowest BCUT2D eigenvalue weighted by Gasteiger charge is -2.22. The fourth-order valence-electron chi connectivity index (χ4n) is 2.66. The first-order valence-electron chi connectivity index (χ1n) is 9.04.